The van der Waals surface area contributed by atoms with E-state index in [4.69, 9.17) is 0 Å². The molecule has 72 valence electrons. The molecule has 0 bridgehead atoms. The minimum atomic E-state index is 1.14. The van der Waals surface area contributed by atoms with Crippen molar-refractivity contribution in [1.82, 2.24) is 5.32 Å². The summed E-state index contributed by atoms with van der Waals surface area (Å²) in [6.45, 7) is 6.01. The Balaban J connectivity index is 2.77. The van der Waals surface area contributed by atoms with E-state index in [1.807, 2.05) is 17.8 Å². The Morgan fingerprint density at radius 3 is 2.67 bits per heavy atom. The van der Waals surface area contributed by atoms with Gasteiger partial charge in [0.15, 0.2) is 0 Å². The Morgan fingerprint density at radius 2 is 2.00 bits per heavy atom. The maximum atomic E-state index is 3.69. The molecule has 1 N–H and O–H groups in total. The van der Waals surface area contributed by atoms with Crippen LogP contribution in [-0.4, -0.2) is 25.1 Å². The van der Waals surface area contributed by atoms with Gasteiger partial charge in [-0.25, -0.2) is 0 Å². The Morgan fingerprint density at radius 1 is 1.25 bits per heavy atom. The average molecular weight is 187 g/mol. The minimum Gasteiger partial charge on any atom is -0.317 e. The average Bonchev–Trinajstić information content (AvgIpc) is 2.10. The normalized spacial score (nSPS) is 10.1. The molecule has 0 amide bonds. The summed E-state index contributed by atoms with van der Waals surface area (Å²) in [4.78, 5) is 0. The van der Waals surface area contributed by atoms with Crippen LogP contribution < -0.4 is 5.32 Å². The van der Waals surface area contributed by atoms with Gasteiger partial charge in [0.05, 0.1) is 0 Å². The molecular weight excluding hydrogens is 166 g/mol. The second-order valence-electron chi connectivity index (χ2n) is 2.88. The maximum Gasteiger partial charge on any atom is -0.00460 e. The van der Waals surface area contributed by atoms with Crippen LogP contribution in [0.4, 0.5) is 0 Å². The highest BCUT2D eigenvalue weighted by atomic mass is 32.2. The van der Waals surface area contributed by atoms with Crippen molar-refractivity contribution in [2.45, 2.75) is 25.7 Å². The molecule has 1 nitrogen and oxygen atoms in total. The van der Waals surface area contributed by atoms with Gasteiger partial charge in [-0.15, -0.1) is 6.58 Å². The van der Waals surface area contributed by atoms with E-state index in [2.05, 4.69) is 18.2 Å². The first-order chi connectivity index (χ1) is 5.91. The number of rotatable bonds is 9. The van der Waals surface area contributed by atoms with Crippen LogP contribution in [-0.2, 0) is 0 Å². The molecule has 2 heteroatoms. The van der Waals surface area contributed by atoms with Crippen LogP contribution >= 0.6 is 11.8 Å². The quantitative estimate of drug-likeness (QED) is 0.440. The molecule has 0 atom stereocenters. The molecule has 0 aliphatic rings. The van der Waals surface area contributed by atoms with Gasteiger partial charge in [-0.3, -0.25) is 0 Å². The molecule has 0 rings (SSSR count). The number of unbranched alkanes of at least 4 members (excludes halogenated alkanes) is 2. The Kier molecular flexibility index (Phi) is 11.1. The van der Waals surface area contributed by atoms with Gasteiger partial charge in [0, 0.05) is 0 Å². The molecule has 0 heterocycles. The largest absolute Gasteiger partial charge is 0.317 e. The summed E-state index contributed by atoms with van der Waals surface area (Å²) in [5.41, 5.74) is 0. The molecule has 0 aromatic rings. The lowest BCUT2D eigenvalue weighted by Gasteiger charge is -2.02. The number of nitrogens with one attached hydrogen (secondary N) is 1. The van der Waals surface area contributed by atoms with Crippen molar-refractivity contribution >= 4 is 11.8 Å². The molecule has 0 fully saturated rings. The SMILES string of the molecule is C=CCCCNCCCCSC. The van der Waals surface area contributed by atoms with E-state index in [1.165, 1.54) is 31.6 Å². The second-order valence-corrected chi connectivity index (χ2v) is 3.87. The van der Waals surface area contributed by atoms with Crippen LogP contribution in [0, 0.1) is 0 Å². The molecule has 0 unspecified atom stereocenters. The number of thioether (sulfide) groups is 1. The lowest BCUT2D eigenvalue weighted by molar-refractivity contribution is 0.622. The van der Waals surface area contributed by atoms with Crippen LogP contribution in [0.5, 0.6) is 0 Å². The minimum absolute atomic E-state index is 1.14. The molecule has 0 saturated heterocycles. The van der Waals surface area contributed by atoms with Gasteiger partial charge in [-0.05, 0) is 50.8 Å². The summed E-state index contributed by atoms with van der Waals surface area (Å²) < 4.78 is 0. The van der Waals surface area contributed by atoms with Crippen molar-refractivity contribution < 1.29 is 0 Å². The highest BCUT2D eigenvalue weighted by Gasteiger charge is 1.87. The first kappa shape index (κ1) is 12.0. The van der Waals surface area contributed by atoms with E-state index in [9.17, 15) is 0 Å². The third-order valence-corrected chi connectivity index (χ3v) is 2.41. The van der Waals surface area contributed by atoms with E-state index in [0.29, 0.717) is 0 Å². The predicted molar refractivity (Wildman–Crippen MR) is 59.9 cm³/mol. The zero-order valence-corrected chi connectivity index (χ0v) is 8.96. The van der Waals surface area contributed by atoms with E-state index in [1.54, 1.807) is 0 Å². The summed E-state index contributed by atoms with van der Waals surface area (Å²) >= 11 is 1.93. The van der Waals surface area contributed by atoms with E-state index in [-0.39, 0.29) is 0 Å². The van der Waals surface area contributed by atoms with Gasteiger partial charge >= 0.3 is 0 Å². The first-order valence-corrected chi connectivity index (χ1v) is 6.11. The maximum absolute atomic E-state index is 3.69. The third-order valence-electron chi connectivity index (χ3n) is 1.71. The third kappa shape index (κ3) is 10.0. The zero-order chi connectivity index (χ0) is 9.07. The summed E-state index contributed by atoms with van der Waals surface area (Å²) in [5, 5.41) is 3.42. The summed E-state index contributed by atoms with van der Waals surface area (Å²) in [7, 11) is 0. The van der Waals surface area contributed by atoms with E-state index >= 15 is 0 Å². The van der Waals surface area contributed by atoms with Crippen molar-refractivity contribution in [3.63, 3.8) is 0 Å². The Labute approximate surface area is 81.0 Å². The van der Waals surface area contributed by atoms with Crippen LogP contribution in [0.25, 0.3) is 0 Å². The summed E-state index contributed by atoms with van der Waals surface area (Å²) in [6.07, 6.45) is 9.17. The molecule has 12 heavy (non-hydrogen) atoms. The number of hydrogen-bond donors (Lipinski definition) is 1. The molecular formula is C10H21NS. The summed E-state index contributed by atoms with van der Waals surface area (Å²) in [5.74, 6) is 1.30. The zero-order valence-electron chi connectivity index (χ0n) is 8.14. The van der Waals surface area contributed by atoms with Crippen LogP contribution in [0.3, 0.4) is 0 Å². The second kappa shape index (κ2) is 11.1. The van der Waals surface area contributed by atoms with Crippen molar-refractivity contribution in [3.05, 3.63) is 12.7 Å². The molecule has 0 aromatic carbocycles. The van der Waals surface area contributed by atoms with Gasteiger partial charge < -0.3 is 5.32 Å². The molecule has 0 aliphatic carbocycles. The van der Waals surface area contributed by atoms with Crippen molar-refractivity contribution in [1.29, 1.82) is 0 Å². The van der Waals surface area contributed by atoms with Gasteiger partial charge in [-0.1, -0.05) is 6.08 Å². The standard InChI is InChI=1S/C10H21NS/c1-3-4-5-8-11-9-6-7-10-12-2/h3,11H,1,4-10H2,2H3. The van der Waals surface area contributed by atoms with Gasteiger partial charge in [0.25, 0.3) is 0 Å². The molecule has 0 radical (unpaired) electrons. The fourth-order valence-corrected chi connectivity index (χ4v) is 1.49. The highest BCUT2D eigenvalue weighted by Crippen LogP contribution is 1.97. The van der Waals surface area contributed by atoms with Gasteiger partial charge in [0.2, 0.25) is 0 Å². The monoisotopic (exact) mass is 187 g/mol. The fourth-order valence-electron chi connectivity index (χ4n) is 0.993. The lowest BCUT2D eigenvalue weighted by Crippen LogP contribution is -2.16. The molecule has 0 spiro atoms. The van der Waals surface area contributed by atoms with Crippen molar-refractivity contribution in [2.24, 2.45) is 0 Å². The van der Waals surface area contributed by atoms with E-state index in [0.717, 1.165) is 13.0 Å². The lowest BCUT2D eigenvalue weighted by atomic mass is 10.3. The topological polar surface area (TPSA) is 12.0 Å². The highest BCUT2D eigenvalue weighted by molar-refractivity contribution is 7.98. The Hall–Kier alpha value is 0.0500. The Bertz CT molecular complexity index is 93.8. The van der Waals surface area contributed by atoms with Crippen LogP contribution in [0.1, 0.15) is 25.7 Å². The summed E-state index contributed by atoms with van der Waals surface area (Å²) in [6, 6.07) is 0. The van der Waals surface area contributed by atoms with Gasteiger partial charge in [0.1, 0.15) is 0 Å². The fraction of sp³-hybridized carbons (Fsp3) is 0.800. The van der Waals surface area contributed by atoms with Crippen LogP contribution in [0.15, 0.2) is 12.7 Å². The molecule has 0 saturated carbocycles. The number of allylic oxidation sites excluding steroid dienone is 1. The van der Waals surface area contributed by atoms with Gasteiger partial charge in [-0.2, -0.15) is 11.8 Å². The smallest absolute Gasteiger partial charge is 0.00460 e. The molecule has 0 aromatic heterocycles. The molecule has 0 aliphatic heterocycles. The first-order valence-electron chi connectivity index (χ1n) is 4.72. The van der Waals surface area contributed by atoms with E-state index < -0.39 is 0 Å². The van der Waals surface area contributed by atoms with Crippen molar-refractivity contribution in [2.75, 3.05) is 25.1 Å². The van der Waals surface area contributed by atoms with Crippen molar-refractivity contribution in [3.8, 4) is 0 Å². The van der Waals surface area contributed by atoms with Crippen LogP contribution in [0.2, 0.25) is 0 Å². The predicted octanol–water partition coefficient (Wildman–Crippen LogP) is 2.69. The number of hydrogen-bond acceptors (Lipinski definition) is 2.